The molecule has 0 aliphatic carbocycles. The summed E-state index contributed by atoms with van der Waals surface area (Å²) in [5, 5.41) is 15.7. The molecule has 9 heteroatoms. The molecule has 9 nitrogen and oxygen atoms in total. The summed E-state index contributed by atoms with van der Waals surface area (Å²) in [6.07, 6.45) is 4.13. The summed E-state index contributed by atoms with van der Waals surface area (Å²) in [6, 6.07) is 17.4. The van der Waals surface area contributed by atoms with E-state index in [9.17, 15) is 19.5 Å². The third-order valence-electron chi connectivity index (χ3n) is 7.63. The van der Waals surface area contributed by atoms with Crippen LogP contribution in [0.3, 0.4) is 0 Å². The van der Waals surface area contributed by atoms with Gasteiger partial charge in [-0.3, -0.25) is 9.59 Å². The number of carbonyl (C=O) groups excluding carboxylic acids is 3. The lowest BCUT2D eigenvalue weighted by Gasteiger charge is -2.35. The lowest BCUT2D eigenvalue weighted by atomic mass is 9.97. The number of benzene rings is 3. The lowest BCUT2D eigenvalue weighted by molar-refractivity contribution is -0.140. The Morgan fingerprint density at radius 2 is 1.49 bits per heavy atom. The summed E-state index contributed by atoms with van der Waals surface area (Å²) in [4.78, 5) is 43.8. The lowest BCUT2D eigenvalue weighted by Crippen LogP contribution is -2.53. The average molecular weight is 646 g/mol. The van der Waals surface area contributed by atoms with Gasteiger partial charge in [0.2, 0.25) is 5.91 Å². The molecular weight excluding hydrogens is 594 g/mol. The molecule has 3 aromatic carbocycles. The number of nitrogens with zero attached hydrogens (tertiary/aromatic N) is 1. The highest BCUT2D eigenvalue weighted by Gasteiger charge is 2.36. The number of rotatable bonds is 15. The van der Waals surface area contributed by atoms with Crippen LogP contribution in [0, 0.1) is 13.8 Å². The normalized spacial score (nSPS) is 12.5. The van der Waals surface area contributed by atoms with Gasteiger partial charge in [0.25, 0.3) is 5.91 Å². The molecule has 0 saturated heterocycles. The molecule has 3 rings (SSSR count). The van der Waals surface area contributed by atoms with E-state index < -0.39 is 29.7 Å². The number of amides is 3. The van der Waals surface area contributed by atoms with Crippen molar-refractivity contribution in [2.75, 3.05) is 19.0 Å². The highest BCUT2D eigenvalue weighted by atomic mass is 16.6. The molecule has 254 valence electrons. The minimum atomic E-state index is -1.05. The predicted molar refractivity (Wildman–Crippen MR) is 186 cm³/mol. The summed E-state index contributed by atoms with van der Waals surface area (Å²) in [6.45, 7) is 11.6. The van der Waals surface area contributed by atoms with Crippen molar-refractivity contribution in [2.24, 2.45) is 0 Å². The number of hydrogen-bond donors (Lipinski definition) is 3. The predicted octanol–water partition coefficient (Wildman–Crippen LogP) is 7.63. The van der Waals surface area contributed by atoms with E-state index in [4.69, 9.17) is 9.47 Å². The van der Waals surface area contributed by atoms with Gasteiger partial charge in [-0.25, -0.2) is 4.79 Å². The second-order valence-electron chi connectivity index (χ2n) is 13.1. The van der Waals surface area contributed by atoms with Crippen molar-refractivity contribution in [3.05, 3.63) is 89.0 Å². The van der Waals surface area contributed by atoms with Crippen molar-refractivity contribution < 1.29 is 29.0 Å². The third kappa shape index (κ3) is 12.0. The molecule has 3 aromatic rings. The second kappa shape index (κ2) is 17.4. The second-order valence-corrected chi connectivity index (χ2v) is 13.1. The summed E-state index contributed by atoms with van der Waals surface area (Å²) < 4.78 is 10.8. The van der Waals surface area contributed by atoms with Crippen LogP contribution >= 0.6 is 0 Å². The van der Waals surface area contributed by atoms with Crippen LogP contribution in [-0.2, 0) is 20.7 Å². The number of hydrogen-bond acceptors (Lipinski definition) is 6. The Bertz CT molecular complexity index is 1440. The van der Waals surface area contributed by atoms with Crippen molar-refractivity contribution >= 4 is 23.6 Å². The van der Waals surface area contributed by atoms with E-state index in [-0.39, 0.29) is 18.1 Å². The van der Waals surface area contributed by atoms with Crippen molar-refractivity contribution in [3.8, 4) is 11.5 Å². The molecule has 47 heavy (non-hydrogen) atoms. The molecule has 0 aromatic heterocycles. The number of methoxy groups -OCH3 is 1. The molecule has 0 heterocycles. The van der Waals surface area contributed by atoms with Crippen molar-refractivity contribution in [1.29, 1.82) is 0 Å². The van der Waals surface area contributed by atoms with Gasteiger partial charge in [-0.2, -0.15) is 0 Å². The largest absolute Gasteiger partial charge is 0.508 e. The Balaban J connectivity index is 2.09. The fourth-order valence-electron chi connectivity index (χ4n) is 5.50. The van der Waals surface area contributed by atoms with Crippen LogP contribution < -0.4 is 15.4 Å². The number of phenols is 1. The Hall–Kier alpha value is -4.53. The van der Waals surface area contributed by atoms with Gasteiger partial charge in [-0.1, -0.05) is 74.1 Å². The van der Waals surface area contributed by atoms with Crippen LogP contribution in [0.15, 0.2) is 66.7 Å². The van der Waals surface area contributed by atoms with Gasteiger partial charge in [-0.05, 0) is 88.6 Å². The summed E-state index contributed by atoms with van der Waals surface area (Å²) in [7, 11) is 1.58. The van der Waals surface area contributed by atoms with E-state index in [1.54, 1.807) is 69.2 Å². The monoisotopic (exact) mass is 645 g/mol. The van der Waals surface area contributed by atoms with E-state index in [1.807, 2.05) is 32.0 Å². The zero-order valence-electron chi connectivity index (χ0n) is 28.9. The molecule has 0 spiro atoms. The standard InChI is InChI=1S/C38H51N3O6/c1-8-9-10-11-12-21-41(36(44)33(40-37(45)47-38(4,5)6)25-28-13-17-31(42)18-14-28)34(29-23-26(2)22-27(3)24-29)35(43)39-30-15-19-32(46-7)20-16-30/h13-20,22-24,33-34,42H,8-12,21,25H2,1-7H3,(H,39,43)(H,40,45). The van der Waals surface area contributed by atoms with Crippen molar-refractivity contribution in [2.45, 2.75) is 97.8 Å². The fourth-order valence-corrected chi connectivity index (χ4v) is 5.50. The maximum Gasteiger partial charge on any atom is 0.408 e. The molecular formula is C38H51N3O6. The molecule has 2 unspecified atom stereocenters. The van der Waals surface area contributed by atoms with Gasteiger partial charge < -0.3 is 30.1 Å². The van der Waals surface area contributed by atoms with Crippen LogP contribution in [-0.4, -0.2) is 53.2 Å². The van der Waals surface area contributed by atoms with Crippen LogP contribution in [0.1, 0.15) is 88.1 Å². The third-order valence-corrected chi connectivity index (χ3v) is 7.63. The first-order chi connectivity index (χ1) is 22.3. The first-order valence-electron chi connectivity index (χ1n) is 16.4. The Morgan fingerprint density at radius 3 is 2.06 bits per heavy atom. The van der Waals surface area contributed by atoms with Crippen LogP contribution in [0.25, 0.3) is 0 Å². The van der Waals surface area contributed by atoms with Crippen molar-refractivity contribution in [3.63, 3.8) is 0 Å². The van der Waals surface area contributed by atoms with Gasteiger partial charge in [0, 0.05) is 18.7 Å². The van der Waals surface area contributed by atoms with Gasteiger partial charge in [0.15, 0.2) is 0 Å². The molecule has 2 atom stereocenters. The molecule has 0 bridgehead atoms. The number of unbranched alkanes of at least 4 members (excludes halogenated alkanes) is 4. The summed E-state index contributed by atoms with van der Waals surface area (Å²) >= 11 is 0. The number of alkyl carbamates (subject to hydrolysis) is 1. The quantitative estimate of drug-likeness (QED) is 0.146. The number of anilines is 1. The molecule has 0 fully saturated rings. The Kier molecular flexibility index (Phi) is 13.7. The topological polar surface area (TPSA) is 117 Å². The number of phenolic OH excluding ortho intramolecular Hbond substituents is 1. The number of aryl methyl sites for hydroxylation is 2. The number of nitrogens with one attached hydrogen (secondary N) is 2. The minimum Gasteiger partial charge on any atom is -0.508 e. The molecule has 0 radical (unpaired) electrons. The van der Waals surface area contributed by atoms with Gasteiger partial charge in [0.1, 0.15) is 29.2 Å². The fraction of sp³-hybridized carbons (Fsp3) is 0.447. The van der Waals surface area contributed by atoms with E-state index in [0.29, 0.717) is 30.0 Å². The van der Waals surface area contributed by atoms with E-state index in [0.717, 1.165) is 42.4 Å². The molecule has 0 saturated carbocycles. The number of carbonyl (C=O) groups is 3. The van der Waals surface area contributed by atoms with Gasteiger partial charge in [-0.15, -0.1) is 0 Å². The molecule has 3 amide bonds. The highest BCUT2D eigenvalue weighted by molar-refractivity contribution is 5.99. The maximum atomic E-state index is 14.8. The highest BCUT2D eigenvalue weighted by Crippen LogP contribution is 2.28. The SMILES string of the molecule is CCCCCCCN(C(=O)C(Cc1ccc(O)cc1)NC(=O)OC(C)(C)C)C(C(=O)Nc1ccc(OC)cc1)c1cc(C)cc(C)c1. The Labute approximate surface area is 279 Å². The average Bonchev–Trinajstić information content (AvgIpc) is 2.99. The smallest absolute Gasteiger partial charge is 0.408 e. The number of aromatic hydroxyl groups is 1. The minimum absolute atomic E-state index is 0.0931. The molecule has 0 aliphatic heterocycles. The zero-order valence-corrected chi connectivity index (χ0v) is 28.9. The van der Waals surface area contributed by atoms with E-state index >= 15 is 0 Å². The number of ether oxygens (including phenoxy) is 2. The van der Waals surface area contributed by atoms with Crippen LogP contribution in [0.5, 0.6) is 11.5 Å². The van der Waals surface area contributed by atoms with Gasteiger partial charge >= 0.3 is 6.09 Å². The summed E-state index contributed by atoms with van der Waals surface area (Å²) in [5.41, 5.74) is 3.11. The first-order valence-corrected chi connectivity index (χ1v) is 16.4. The van der Waals surface area contributed by atoms with E-state index in [1.165, 1.54) is 12.1 Å². The van der Waals surface area contributed by atoms with Crippen LogP contribution in [0.2, 0.25) is 0 Å². The van der Waals surface area contributed by atoms with Crippen molar-refractivity contribution in [1.82, 2.24) is 10.2 Å². The first kappa shape index (κ1) is 36.9. The summed E-state index contributed by atoms with van der Waals surface area (Å²) in [5.74, 6) is -0.0326. The zero-order chi connectivity index (χ0) is 34.6. The van der Waals surface area contributed by atoms with E-state index in [2.05, 4.69) is 17.6 Å². The van der Waals surface area contributed by atoms with Crippen LogP contribution in [0.4, 0.5) is 10.5 Å². The molecule has 0 aliphatic rings. The van der Waals surface area contributed by atoms with Gasteiger partial charge in [0.05, 0.1) is 7.11 Å². The molecule has 3 N–H and O–H groups in total. The Morgan fingerprint density at radius 1 is 0.872 bits per heavy atom. The maximum absolute atomic E-state index is 14.8.